The van der Waals surface area contributed by atoms with Crippen molar-refractivity contribution >= 4 is 22.7 Å². The number of piperidine rings is 1. The Kier molecular flexibility index (Phi) is 4.34. The molecule has 0 aliphatic carbocycles. The van der Waals surface area contributed by atoms with E-state index in [1.165, 1.54) is 0 Å². The van der Waals surface area contributed by atoms with E-state index in [-0.39, 0.29) is 23.4 Å². The van der Waals surface area contributed by atoms with E-state index in [9.17, 15) is 9.59 Å². The van der Waals surface area contributed by atoms with Gasteiger partial charge in [-0.1, -0.05) is 6.07 Å². The van der Waals surface area contributed by atoms with Crippen LogP contribution in [0.25, 0.3) is 10.9 Å². The minimum absolute atomic E-state index is 0.0334. The quantitative estimate of drug-likeness (QED) is 0.713. The molecule has 2 aliphatic rings. The van der Waals surface area contributed by atoms with Gasteiger partial charge >= 0.3 is 0 Å². The molecule has 2 aliphatic heterocycles. The Labute approximate surface area is 175 Å². The van der Waals surface area contributed by atoms with Crippen LogP contribution in [0.15, 0.2) is 42.7 Å². The number of likely N-dealkylation sites (tertiary alicyclic amines) is 1. The summed E-state index contributed by atoms with van der Waals surface area (Å²) < 4.78 is 1.80. The number of benzene rings is 1. The number of nitrogens with zero attached hydrogens (tertiary/aromatic N) is 4. The SMILES string of the molecule is CC(C)n1ncc2c1C(=O)NC1(CCN(C(=O)c3ccc4ncccc4c3)CC1)C2. The number of amides is 2. The summed E-state index contributed by atoms with van der Waals surface area (Å²) in [6.07, 6.45) is 5.83. The molecule has 4 heterocycles. The number of nitrogens with one attached hydrogen (secondary N) is 1. The van der Waals surface area contributed by atoms with Gasteiger partial charge in [0.05, 0.1) is 11.7 Å². The molecule has 1 N–H and O–H groups in total. The third-order valence-electron chi connectivity index (χ3n) is 6.34. The van der Waals surface area contributed by atoms with Gasteiger partial charge < -0.3 is 10.2 Å². The number of aromatic nitrogens is 3. The number of hydrogen-bond donors (Lipinski definition) is 1. The van der Waals surface area contributed by atoms with E-state index in [0.29, 0.717) is 24.3 Å². The molecule has 5 rings (SSSR count). The highest BCUT2D eigenvalue weighted by Gasteiger charge is 2.43. The largest absolute Gasteiger partial charge is 0.345 e. The molecule has 0 radical (unpaired) electrons. The van der Waals surface area contributed by atoms with Gasteiger partial charge in [-0.15, -0.1) is 0 Å². The molecule has 7 nitrogen and oxygen atoms in total. The van der Waals surface area contributed by atoms with Gasteiger partial charge in [0.25, 0.3) is 11.8 Å². The second-order valence-corrected chi connectivity index (χ2v) is 8.67. The monoisotopic (exact) mass is 403 g/mol. The molecular weight excluding hydrogens is 378 g/mol. The fraction of sp³-hybridized carbons (Fsp3) is 0.391. The first kappa shape index (κ1) is 18.8. The molecule has 1 fully saturated rings. The molecule has 2 aromatic heterocycles. The Hall–Kier alpha value is -3.22. The summed E-state index contributed by atoms with van der Waals surface area (Å²) in [6, 6.07) is 9.63. The number of rotatable bonds is 2. The highest BCUT2D eigenvalue weighted by molar-refractivity contribution is 5.98. The third kappa shape index (κ3) is 3.05. The van der Waals surface area contributed by atoms with Gasteiger partial charge in [-0.3, -0.25) is 19.3 Å². The van der Waals surface area contributed by atoms with E-state index in [1.807, 2.05) is 55.3 Å². The summed E-state index contributed by atoms with van der Waals surface area (Å²) in [5.41, 5.74) is 2.96. The fourth-order valence-electron chi connectivity index (χ4n) is 4.71. The zero-order chi connectivity index (χ0) is 20.9. The molecule has 0 bridgehead atoms. The topological polar surface area (TPSA) is 80.1 Å². The molecule has 0 unspecified atom stereocenters. The van der Waals surface area contributed by atoms with Crippen molar-refractivity contribution in [3.8, 4) is 0 Å². The number of pyridine rings is 1. The standard InChI is InChI=1S/C23H25N5O2/c1-15(2)28-20-18(14-25-28)13-23(26-21(20)29)7-10-27(11-8-23)22(30)17-5-6-19-16(12-17)4-3-9-24-19/h3-6,9,12,14-15H,7-8,10-11,13H2,1-2H3,(H,26,29). The summed E-state index contributed by atoms with van der Waals surface area (Å²) in [5.74, 6) is -0.0182. The lowest BCUT2D eigenvalue weighted by molar-refractivity contribution is 0.0603. The first-order valence-corrected chi connectivity index (χ1v) is 10.5. The molecule has 2 amide bonds. The van der Waals surface area contributed by atoms with E-state index >= 15 is 0 Å². The molecule has 0 saturated carbocycles. The molecule has 1 saturated heterocycles. The summed E-state index contributed by atoms with van der Waals surface area (Å²) in [5, 5.41) is 8.63. The third-order valence-corrected chi connectivity index (χ3v) is 6.34. The summed E-state index contributed by atoms with van der Waals surface area (Å²) in [6.45, 7) is 5.30. The fourth-order valence-corrected chi connectivity index (χ4v) is 4.71. The second-order valence-electron chi connectivity index (χ2n) is 8.67. The van der Waals surface area contributed by atoms with Crippen molar-refractivity contribution in [1.82, 2.24) is 25.0 Å². The van der Waals surface area contributed by atoms with Crippen LogP contribution >= 0.6 is 0 Å². The van der Waals surface area contributed by atoms with E-state index in [4.69, 9.17) is 0 Å². The average Bonchev–Trinajstić information content (AvgIpc) is 3.18. The van der Waals surface area contributed by atoms with Gasteiger partial charge in [0.1, 0.15) is 5.69 Å². The van der Waals surface area contributed by atoms with Crippen LogP contribution in [0.1, 0.15) is 59.1 Å². The first-order valence-electron chi connectivity index (χ1n) is 10.5. The Morgan fingerprint density at radius 2 is 2.00 bits per heavy atom. The molecular formula is C23H25N5O2. The lowest BCUT2D eigenvalue weighted by Crippen LogP contribution is -2.59. The summed E-state index contributed by atoms with van der Waals surface area (Å²) in [7, 11) is 0. The van der Waals surface area contributed by atoms with E-state index in [1.54, 1.807) is 10.9 Å². The van der Waals surface area contributed by atoms with Crippen molar-refractivity contribution in [3.05, 3.63) is 59.5 Å². The van der Waals surface area contributed by atoms with Crippen molar-refractivity contribution in [2.45, 2.75) is 44.7 Å². The minimum Gasteiger partial charge on any atom is -0.345 e. The van der Waals surface area contributed by atoms with Crippen LogP contribution in [0.4, 0.5) is 0 Å². The normalized spacial score (nSPS) is 18.0. The maximum absolute atomic E-state index is 13.1. The Balaban J connectivity index is 1.32. The van der Waals surface area contributed by atoms with Gasteiger partial charge in [-0.2, -0.15) is 5.10 Å². The molecule has 0 atom stereocenters. The summed E-state index contributed by atoms with van der Waals surface area (Å²) in [4.78, 5) is 32.1. The Morgan fingerprint density at radius 1 is 1.20 bits per heavy atom. The first-order chi connectivity index (χ1) is 14.5. The van der Waals surface area contributed by atoms with E-state index in [2.05, 4.69) is 15.4 Å². The van der Waals surface area contributed by atoms with Crippen molar-refractivity contribution < 1.29 is 9.59 Å². The van der Waals surface area contributed by atoms with E-state index < -0.39 is 0 Å². The van der Waals surface area contributed by atoms with Gasteiger partial charge in [0.15, 0.2) is 0 Å². The summed E-state index contributed by atoms with van der Waals surface area (Å²) >= 11 is 0. The van der Waals surface area contributed by atoms with Crippen LogP contribution in [0, 0.1) is 0 Å². The maximum Gasteiger partial charge on any atom is 0.270 e. The molecule has 154 valence electrons. The number of hydrogen-bond acceptors (Lipinski definition) is 4. The molecule has 1 aromatic carbocycles. The molecule has 3 aromatic rings. The molecule has 1 spiro atoms. The van der Waals surface area contributed by atoms with Crippen molar-refractivity contribution in [3.63, 3.8) is 0 Å². The number of carbonyl (C=O) groups excluding carboxylic acids is 2. The van der Waals surface area contributed by atoms with Crippen molar-refractivity contribution in [1.29, 1.82) is 0 Å². The number of carbonyl (C=O) groups is 2. The van der Waals surface area contributed by atoms with Gasteiger partial charge in [0.2, 0.25) is 0 Å². The highest BCUT2D eigenvalue weighted by atomic mass is 16.2. The van der Waals surface area contributed by atoms with Crippen LogP contribution in [-0.4, -0.2) is 50.1 Å². The van der Waals surface area contributed by atoms with Crippen LogP contribution in [0.3, 0.4) is 0 Å². The Bertz CT molecular complexity index is 1140. The average molecular weight is 403 g/mol. The van der Waals surface area contributed by atoms with Crippen molar-refractivity contribution in [2.24, 2.45) is 0 Å². The van der Waals surface area contributed by atoms with Crippen LogP contribution < -0.4 is 5.32 Å². The lowest BCUT2D eigenvalue weighted by Gasteiger charge is -2.44. The van der Waals surface area contributed by atoms with Gasteiger partial charge in [0, 0.05) is 47.4 Å². The van der Waals surface area contributed by atoms with Crippen LogP contribution in [0.5, 0.6) is 0 Å². The van der Waals surface area contributed by atoms with Gasteiger partial charge in [-0.05, 0) is 57.4 Å². The predicted octanol–water partition coefficient (Wildman–Crippen LogP) is 2.97. The highest BCUT2D eigenvalue weighted by Crippen LogP contribution is 2.33. The van der Waals surface area contributed by atoms with Crippen molar-refractivity contribution in [2.75, 3.05) is 13.1 Å². The Morgan fingerprint density at radius 3 is 2.77 bits per heavy atom. The molecule has 7 heteroatoms. The zero-order valence-electron chi connectivity index (χ0n) is 17.3. The number of fused-ring (bicyclic) bond motifs is 2. The van der Waals surface area contributed by atoms with Crippen LogP contribution in [-0.2, 0) is 6.42 Å². The molecule has 30 heavy (non-hydrogen) atoms. The zero-order valence-corrected chi connectivity index (χ0v) is 17.3. The van der Waals surface area contributed by atoms with Gasteiger partial charge in [-0.25, -0.2) is 0 Å². The maximum atomic E-state index is 13.1. The van der Waals surface area contributed by atoms with Crippen LogP contribution in [0.2, 0.25) is 0 Å². The lowest BCUT2D eigenvalue weighted by atomic mass is 9.79. The second kappa shape index (κ2) is 6.93. The predicted molar refractivity (Wildman–Crippen MR) is 113 cm³/mol. The minimum atomic E-state index is -0.293. The smallest absolute Gasteiger partial charge is 0.270 e. The van der Waals surface area contributed by atoms with E-state index in [0.717, 1.165) is 35.7 Å².